The first-order valence-corrected chi connectivity index (χ1v) is 10.2. The van der Waals surface area contributed by atoms with Crippen LogP contribution in [-0.4, -0.2) is 45.0 Å². The zero-order valence-corrected chi connectivity index (χ0v) is 16.2. The lowest BCUT2D eigenvalue weighted by molar-refractivity contribution is 0.0590. The average Bonchev–Trinajstić information content (AvgIpc) is 3.14. The third kappa shape index (κ3) is 3.63. The second kappa shape index (κ2) is 7.36. The number of carbonyl (C=O) groups is 1. The zero-order valence-electron chi connectivity index (χ0n) is 15.4. The molecule has 29 heavy (non-hydrogen) atoms. The van der Waals surface area contributed by atoms with E-state index in [1.807, 2.05) is 24.3 Å². The number of halogens is 1. The predicted molar refractivity (Wildman–Crippen MR) is 109 cm³/mol. The second-order valence-corrected chi connectivity index (χ2v) is 7.94. The number of fused-ring (bicyclic) bond motifs is 2. The quantitative estimate of drug-likeness (QED) is 0.511. The first kappa shape index (κ1) is 17.9. The Morgan fingerprint density at radius 1 is 1.07 bits per heavy atom. The summed E-state index contributed by atoms with van der Waals surface area (Å²) in [7, 11) is 0. The minimum atomic E-state index is -0.281. The van der Waals surface area contributed by atoms with E-state index < -0.39 is 0 Å². The molecule has 0 N–H and O–H groups in total. The largest absolute Gasteiger partial charge is 0.467 e. The van der Waals surface area contributed by atoms with Crippen LogP contribution >= 0.6 is 11.3 Å². The number of hydrogen-bond acceptors (Lipinski definition) is 6. The second-order valence-electron chi connectivity index (χ2n) is 6.95. The Bertz CT molecular complexity index is 1200. The van der Waals surface area contributed by atoms with E-state index in [0.717, 1.165) is 15.7 Å². The molecule has 3 heterocycles. The smallest absolute Gasteiger partial charge is 0.274 e. The van der Waals surface area contributed by atoms with E-state index in [9.17, 15) is 9.18 Å². The molecule has 1 amide bonds. The van der Waals surface area contributed by atoms with Crippen molar-refractivity contribution in [3.05, 3.63) is 60.2 Å². The van der Waals surface area contributed by atoms with Gasteiger partial charge in [0.2, 0.25) is 0 Å². The van der Waals surface area contributed by atoms with Crippen LogP contribution in [0.25, 0.3) is 21.3 Å². The van der Waals surface area contributed by atoms with Crippen LogP contribution in [0.2, 0.25) is 0 Å². The molecule has 6 nitrogen and oxygen atoms in total. The van der Waals surface area contributed by atoms with Gasteiger partial charge in [-0.3, -0.25) is 9.78 Å². The third-order valence-corrected chi connectivity index (χ3v) is 5.90. The van der Waals surface area contributed by atoms with E-state index in [1.54, 1.807) is 11.0 Å². The van der Waals surface area contributed by atoms with Gasteiger partial charge in [-0.1, -0.05) is 23.5 Å². The number of nitrogens with zero attached hydrogens (tertiary/aromatic N) is 4. The van der Waals surface area contributed by atoms with E-state index in [2.05, 4.69) is 15.0 Å². The van der Waals surface area contributed by atoms with Gasteiger partial charge in [0.1, 0.15) is 17.6 Å². The minimum absolute atomic E-state index is 0.0212. The maximum absolute atomic E-state index is 13.3. The predicted octanol–water partition coefficient (Wildman–Crippen LogP) is 4.06. The summed E-state index contributed by atoms with van der Waals surface area (Å²) in [4.78, 5) is 27.8. The van der Waals surface area contributed by atoms with Gasteiger partial charge in [0.05, 0.1) is 27.4 Å². The van der Waals surface area contributed by atoms with Gasteiger partial charge in [-0.2, -0.15) is 0 Å². The molecule has 4 aromatic rings. The number of para-hydroxylation sites is 2. The summed E-state index contributed by atoms with van der Waals surface area (Å²) in [5.74, 6) is -0.395. The van der Waals surface area contributed by atoms with Crippen LogP contribution in [-0.2, 0) is 0 Å². The standard InChI is InChI=1S/C21H17FN4O2S/c22-13-5-6-17-19(11-13)29-21(25-17)28-14-7-9-26(10-8-14)20(27)18-12-23-15-3-1-2-4-16(15)24-18/h1-6,11-12,14H,7-10H2. The van der Waals surface area contributed by atoms with Crippen molar-refractivity contribution in [3.8, 4) is 5.19 Å². The molecule has 2 aromatic carbocycles. The molecule has 1 aliphatic rings. The van der Waals surface area contributed by atoms with Gasteiger partial charge in [-0.25, -0.2) is 14.4 Å². The average molecular weight is 408 g/mol. The van der Waals surface area contributed by atoms with E-state index in [4.69, 9.17) is 4.74 Å². The van der Waals surface area contributed by atoms with Gasteiger partial charge in [0.15, 0.2) is 0 Å². The molecular formula is C21H17FN4O2S. The van der Waals surface area contributed by atoms with Crippen molar-refractivity contribution in [2.45, 2.75) is 18.9 Å². The topological polar surface area (TPSA) is 68.2 Å². The van der Waals surface area contributed by atoms with Crippen LogP contribution in [0.4, 0.5) is 4.39 Å². The van der Waals surface area contributed by atoms with Crippen molar-refractivity contribution in [2.75, 3.05) is 13.1 Å². The summed E-state index contributed by atoms with van der Waals surface area (Å²) >= 11 is 1.34. The fourth-order valence-electron chi connectivity index (χ4n) is 3.47. The fraction of sp³-hybridized carbons (Fsp3) is 0.238. The van der Waals surface area contributed by atoms with E-state index in [-0.39, 0.29) is 17.8 Å². The van der Waals surface area contributed by atoms with Crippen molar-refractivity contribution in [1.82, 2.24) is 19.9 Å². The maximum atomic E-state index is 13.3. The van der Waals surface area contributed by atoms with Crippen LogP contribution in [0.15, 0.2) is 48.7 Å². The number of carbonyl (C=O) groups excluding carboxylic acids is 1. The first-order valence-electron chi connectivity index (χ1n) is 9.39. The number of benzene rings is 2. The van der Waals surface area contributed by atoms with Gasteiger partial charge >= 0.3 is 0 Å². The number of ether oxygens (including phenoxy) is 1. The molecule has 0 radical (unpaired) electrons. The number of likely N-dealkylation sites (tertiary alicyclic amines) is 1. The normalized spacial score (nSPS) is 15.1. The number of hydrogen-bond donors (Lipinski definition) is 0. The maximum Gasteiger partial charge on any atom is 0.274 e. The Balaban J connectivity index is 1.23. The van der Waals surface area contributed by atoms with Gasteiger partial charge in [-0.15, -0.1) is 0 Å². The molecule has 1 saturated heterocycles. The van der Waals surface area contributed by atoms with Crippen LogP contribution in [0.1, 0.15) is 23.3 Å². The van der Waals surface area contributed by atoms with Crippen LogP contribution < -0.4 is 4.74 Å². The Morgan fingerprint density at radius 3 is 2.69 bits per heavy atom. The lowest BCUT2D eigenvalue weighted by atomic mass is 10.1. The highest BCUT2D eigenvalue weighted by atomic mass is 32.1. The Kier molecular flexibility index (Phi) is 4.55. The zero-order chi connectivity index (χ0) is 19.8. The highest BCUT2D eigenvalue weighted by Crippen LogP contribution is 2.30. The molecule has 8 heteroatoms. The molecule has 0 spiro atoms. The third-order valence-electron chi connectivity index (χ3n) is 5.00. The van der Waals surface area contributed by atoms with Gasteiger partial charge in [0.25, 0.3) is 11.1 Å². The van der Waals surface area contributed by atoms with Crippen LogP contribution in [0.3, 0.4) is 0 Å². The Morgan fingerprint density at radius 2 is 1.86 bits per heavy atom. The van der Waals surface area contributed by atoms with E-state index >= 15 is 0 Å². The molecular weight excluding hydrogens is 391 g/mol. The molecule has 0 aliphatic carbocycles. The summed E-state index contributed by atoms with van der Waals surface area (Å²) in [5, 5.41) is 0.538. The van der Waals surface area contributed by atoms with Crippen molar-refractivity contribution >= 4 is 38.5 Å². The van der Waals surface area contributed by atoms with Crippen molar-refractivity contribution < 1.29 is 13.9 Å². The molecule has 1 aliphatic heterocycles. The van der Waals surface area contributed by atoms with Gasteiger partial charge in [-0.05, 0) is 30.3 Å². The molecule has 0 saturated carbocycles. The molecule has 1 fully saturated rings. The number of piperidine rings is 1. The van der Waals surface area contributed by atoms with E-state index in [1.165, 1.54) is 29.7 Å². The van der Waals surface area contributed by atoms with Gasteiger partial charge < -0.3 is 9.64 Å². The molecule has 0 atom stereocenters. The summed E-state index contributed by atoms with van der Waals surface area (Å²) in [5.41, 5.74) is 2.57. The summed E-state index contributed by atoms with van der Waals surface area (Å²) in [6, 6.07) is 12.0. The summed E-state index contributed by atoms with van der Waals surface area (Å²) in [6.07, 6.45) is 2.92. The molecule has 5 rings (SSSR count). The fourth-order valence-corrected chi connectivity index (χ4v) is 4.38. The highest BCUT2D eigenvalue weighted by Gasteiger charge is 2.26. The Labute approximate surface area is 170 Å². The number of amides is 1. The number of thiazole rings is 1. The van der Waals surface area contributed by atoms with E-state index in [0.29, 0.717) is 42.3 Å². The Hall–Kier alpha value is -3.13. The van der Waals surface area contributed by atoms with Crippen LogP contribution in [0, 0.1) is 5.82 Å². The lowest BCUT2D eigenvalue weighted by Crippen LogP contribution is -2.42. The number of rotatable bonds is 3. The first-order chi connectivity index (χ1) is 14.2. The minimum Gasteiger partial charge on any atom is -0.467 e. The molecule has 0 bridgehead atoms. The summed E-state index contributed by atoms with van der Waals surface area (Å²) < 4.78 is 20.1. The number of aromatic nitrogens is 3. The van der Waals surface area contributed by atoms with Crippen LogP contribution in [0.5, 0.6) is 5.19 Å². The monoisotopic (exact) mass is 408 g/mol. The lowest BCUT2D eigenvalue weighted by Gasteiger charge is -2.31. The highest BCUT2D eigenvalue weighted by molar-refractivity contribution is 7.20. The van der Waals surface area contributed by atoms with Crippen molar-refractivity contribution in [3.63, 3.8) is 0 Å². The SMILES string of the molecule is O=C(c1cnc2ccccc2n1)N1CCC(Oc2nc3ccc(F)cc3s2)CC1. The summed E-state index contributed by atoms with van der Waals surface area (Å²) in [6.45, 7) is 1.16. The molecule has 2 aromatic heterocycles. The molecule has 146 valence electrons. The van der Waals surface area contributed by atoms with Crippen molar-refractivity contribution in [1.29, 1.82) is 0 Å². The van der Waals surface area contributed by atoms with Crippen molar-refractivity contribution in [2.24, 2.45) is 0 Å². The molecule has 0 unspecified atom stereocenters. The van der Waals surface area contributed by atoms with Gasteiger partial charge in [0, 0.05) is 25.9 Å².